The second-order valence-corrected chi connectivity index (χ2v) is 7.13. The molecule has 1 aromatic heterocycles. The van der Waals surface area contributed by atoms with Crippen molar-refractivity contribution in [3.8, 4) is 0 Å². The third-order valence-corrected chi connectivity index (χ3v) is 5.43. The molecule has 0 atom stereocenters. The van der Waals surface area contributed by atoms with E-state index in [-0.39, 0.29) is 10.9 Å². The zero-order chi connectivity index (χ0) is 16.2. The lowest BCUT2D eigenvalue weighted by Gasteiger charge is -2.30. The van der Waals surface area contributed by atoms with Crippen molar-refractivity contribution in [2.75, 3.05) is 25.0 Å². The molecule has 1 fully saturated rings. The van der Waals surface area contributed by atoms with Gasteiger partial charge in [-0.05, 0) is 61.5 Å². The molecule has 1 aliphatic heterocycles. The molecular weight excluding hydrogens is 335 g/mol. The van der Waals surface area contributed by atoms with Crippen LogP contribution in [0.5, 0.6) is 0 Å². The number of carbonyl (C=O) groups is 1. The van der Waals surface area contributed by atoms with E-state index >= 15 is 0 Å². The highest BCUT2D eigenvalue weighted by Gasteiger charge is 2.22. The van der Waals surface area contributed by atoms with Gasteiger partial charge in [-0.15, -0.1) is 11.3 Å². The lowest BCUT2D eigenvalue weighted by atomic mass is 9.95. The molecule has 23 heavy (non-hydrogen) atoms. The topological polar surface area (TPSA) is 32.3 Å². The molecule has 0 bridgehead atoms. The van der Waals surface area contributed by atoms with Crippen LogP contribution in [-0.2, 0) is 4.79 Å². The van der Waals surface area contributed by atoms with Gasteiger partial charge in [0.2, 0.25) is 5.91 Å². The van der Waals surface area contributed by atoms with E-state index in [2.05, 4.69) is 27.7 Å². The molecule has 1 N–H and O–H groups in total. The number of benzene rings is 1. The number of anilines is 1. The van der Waals surface area contributed by atoms with Crippen molar-refractivity contribution in [1.82, 2.24) is 4.90 Å². The first-order chi connectivity index (χ1) is 11.1. The second-order valence-electron chi connectivity index (χ2n) is 5.74. The Kier molecular flexibility index (Phi) is 5.30. The fourth-order valence-electron chi connectivity index (χ4n) is 2.88. The van der Waals surface area contributed by atoms with E-state index < -0.39 is 5.82 Å². The summed E-state index contributed by atoms with van der Waals surface area (Å²) in [7, 11) is 0. The van der Waals surface area contributed by atoms with Crippen LogP contribution in [0.15, 0.2) is 35.7 Å². The highest BCUT2D eigenvalue weighted by Crippen LogP contribution is 2.30. The number of nitrogens with one attached hydrogen (secondary N) is 1. The molecule has 0 unspecified atom stereocenters. The number of hydrogen-bond donors (Lipinski definition) is 1. The molecule has 2 aromatic rings. The summed E-state index contributed by atoms with van der Waals surface area (Å²) in [4.78, 5) is 15.7. The molecule has 1 aliphatic rings. The Bertz CT molecular complexity index is 669. The van der Waals surface area contributed by atoms with Gasteiger partial charge in [0.1, 0.15) is 5.82 Å². The van der Waals surface area contributed by atoms with E-state index in [9.17, 15) is 9.18 Å². The van der Waals surface area contributed by atoms with Gasteiger partial charge in [-0.1, -0.05) is 17.7 Å². The van der Waals surface area contributed by atoms with Crippen LogP contribution in [-0.4, -0.2) is 30.4 Å². The van der Waals surface area contributed by atoms with E-state index in [0.717, 1.165) is 25.9 Å². The summed E-state index contributed by atoms with van der Waals surface area (Å²) < 4.78 is 13.1. The van der Waals surface area contributed by atoms with E-state index in [4.69, 9.17) is 11.6 Å². The van der Waals surface area contributed by atoms with Gasteiger partial charge < -0.3 is 5.32 Å². The van der Waals surface area contributed by atoms with Crippen molar-refractivity contribution in [3.05, 3.63) is 51.4 Å². The largest absolute Gasteiger partial charge is 0.325 e. The third kappa shape index (κ3) is 4.31. The van der Waals surface area contributed by atoms with Gasteiger partial charge in [0.25, 0.3) is 0 Å². The first-order valence-corrected chi connectivity index (χ1v) is 8.88. The van der Waals surface area contributed by atoms with Crippen molar-refractivity contribution in [2.45, 2.75) is 18.8 Å². The Morgan fingerprint density at radius 2 is 2.13 bits per heavy atom. The summed E-state index contributed by atoms with van der Waals surface area (Å²) in [6, 6.07) is 8.48. The number of carbonyl (C=O) groups excluding carboxylic acids is 1. The smallest absolute Gasteiger partial charge is 0.238 e. The maximum atomic E-state index is 13.1. The molecule has 1 saturated heterocycles. The van der Waals surface area contributed by atoms with Gasteiger partial charge in [-0.3, -0.25) is 9.69 Å². The van der Waals surface area contributed by atoms with Gasteiger partial charge in [-0.2, -0.15) is 0 Å². The molecule has 122 valence electrons. The number of hydrogen-bond acceptors (Lipinski definition) is 3. The normalized spacial score (nSPS) is 16.4. The molecule has 0 saturated carbocycles. The quantitative estimate of drug-likeness (QED) is 0.886. The van der Waals surface area contributed by atoms with E-state index in [1.54, 1.807) is 0 Å². The van der Waals surface area contributed by atoms with Crippen LogP contribution >= 0.6 is 22.9 Å². The standard InChI is InChI=1S/C17H18ClFN2OS/c18-14-10-13(3-4-15(14)19)20-17(22)11-21-7-5-12(6-8-21)16-2-1-9-23-16/h1-4,9-10,12H,5-8,11H2,(H,20,22). The Hall–Kier alpha value is -1.43. The van der Waals surface area contributed by atoms with Gasteiger partial charge in [0, 0.05) is 10.6 Å². The predicted octanol–water partition coefficient (Wildman–Crippen LogP) is 4.36. The van der Waals surface area contributed by atoms with Crippen molar-refractivity contribution >= 4 is 34.5 Å². The average molecular weight is 353 g/mol. The predicted molar refractivity (Wildman–Crippen MR) is 92.8 cm³/mol. The Balaban J connectivity index is 1.48. The van der Waals surface area contributed by atoms with Gasteiger partial charge in [0.15, 0.2) is 0 Å². The zero-order valence-electron chi connectivity index (χ0n) is 12.6. The van der Waals surface area contributed by atoms with Crippen LogP contribution in [0, 0.1) is 5.82 Å². The molecule has 3 rings (SSSR count). The highest BCUT2D eigenvalue weighted by atomic mass is 35.5. The summed E-state index contributed by atoms with van der Waals surface area (Å²) in [6.07, 6.45) is 2.16. The maximum Gasteiger partial charge on any atom is 0.238 e. The molecule has 0 radical (unpaired) electrons. The Morgan fingerprint density at radius 1 is 1.35 bits per heavy atom. The number of rotatable bonds is 4. The summed E-state index contributed by atoms with van der Waals surface area (Å²) in [5, 5.41) is 4.89. The minimum Gasteiger partial charge on any atom is -0.325 e. The van der Waals surface area contributed by atoms with Crippen molar-refractivity contribution < 1.29 is 9.18 Å². The second kappa shape index (κ2) is 7.43. The maximum absolute atomic E-state index is 13.1. The number of piperidine rings is 1. The van der Waals surface area contributed by atoms with Crippen molar-refractivity contribution in [3.63, 3.8) is 0 Å². The van der Waals surface area contributed by atoms with Crippen LogP contribution in [0.4, 0.5) is 10.1 Å². The molecule has 0 aliphatic carbocycles. The van der Waals surface area contributed by atoms with Gasteiger partial charge >= 0.3 is 0 Å². The fourth-order valence-corrected chi connectivity index (χ4v) is 3.96. The van der Waals surface area contributed by atoms with Crippen LogP contribution < -0.4 is 5.32 Å². The Morgan fingerprint density at radius 3 is 2.78 bits per heavy atom. The van der Waals surface area contributed by atoms with Crippen molar-refractivity contribution in [2.24, 2.45) is 0 Å². The molecule has 3 nitrogen and oxygen atoms in total. The molecular formula is C17H18ClFN2OS. The molecule has 0 spiro atoms. The molecule has 6 heteroatoms. The van der Waals surface area contributed by atoms with Gasteiger partial charge in [-0.25, -0.2) is 4.39 Å². The van der Waals surface area contributed by atoms with Crippen LogP contribution in [0.3, 0.4) is 0 Å². The van der Waals surface area contributed by atoms with Gasteiger partial charge in [0.05, 0.1) is 11.6 Å². The number of halogens is 2. The summed E-state index contributed by atoms with van der Waals surface area (Å²) in [5.41, 5.74) is 0.523. The van der Waals surface area contributed by atoms with E-state index in [0.29, 0.717) is 18.2 Å². The molecule has 1 amide bonds. The number of nitrogens with zero attached hydrogens (tertiary/aromatic N) is 1. The van der Waals surface area contributed by atoms with Crippen molar-refractivity contribution in [1.29, 1.82) is 0 Å². The third-order valence-electron chi connectivity index (χ3n) is 4.10. The van der Waals surface area contributed by atoms with Crippen LogP contribution in [0.2, 0.25) is 5.02 Å². The SMILES string of the molecule is O=C(CN1CCC(c2cccs2)CC1)Nc1ccc(F)c(Cl)c1. The summed E-state index contributed by atoms with van der Waals surface area (Å²) in [5.74, 6) is 0.0350. The summed E-state index contributed by atoms with van der Waals surface area (Å²) in [6.45, 7) is 2.19. The molecule has 1 aromatic carbocycles. The zero-order valence-corrected chi connectivity index (χ0v) is 14.2. The Labute approximate surface area is 144 Å². The fraction of sp³-hybridized carbons (Fsp3) is 0.353. The summed E-state index contributed by atoms with van der Waals surface area (Å²) >= 11 is 7.53. The monoisotopic (exact) mass is 352 g/mol. The lowest BCUT2D eigenvalue weighted by molar-refractivity contribution is -0.117. The molecule has 2 heterocycles. The van der Waals surface area contributed by atoms with E-state index in [1.807, 2.05) is 11.3 Å². The number of amides is 1. The highest BCUT2D eigenvalue weighted by molar-refractivity contribution is 7.10. The van der Waals surface area contributed by atoms with Crippen LogP contribution in [0.25, 0.3) is 0 Å². The minimum absolute atomic E-state index is 0.0135. The number of likely N-dealkylation sites (tertiary alicyclic amines) is 1. The van der Waals surface area contributed by atoms with Crippen LogP contribution in [0.1, 0.15) is 23.6 Å². The first-order valence-electron chi connectivity index (χ1n) is 7.62. The minimum atomic E-state index is -0.486. The van der Waals surface area contributed by atoms with E-state index in [1.165, 1.54) is 23.1 Å². The average Bonchev–Trinajstić information content (AvgIpc) is 3.06. The first kappa shape index (κ1) is 16.4. The number of thiophene rings is 1. The lowest BCUT2D eigenvalue weighted by Crippen LogP contribution is -2.38.